The molecule has 0 saturated carbocycles. The van der Waals surface area contributed by atoms with E-state index in [0.717, 1.165) is 154 Å². The molecular weight excluding hydrogens is 925 g/mol. The van der Waals surface area contributed by atoms with Crippen LogP contribution in [-0.4, -0.2) is 37.2 Å². The summed E-state index contributed by atoms with van der Waals surface area (Å²) in [5, 5.41) is 0. The van der Waals surface area contributed by atoms with Gasteiger partial charge in [-0.3, -0.25) is 14.4 Å². The van der Waals surface area contributed by atoms with E-state index in [1.165, 1.54) is 51.4 Å². The number of unbranched alkanes of at least 4 members (excludes halogenated alkanes) is 18. The van der Waals surface area contributed by atoms with Crippen molar-refractivity contribution in [2.75, 3.05) is 13.2 Å². The molecule has 0 aromatic rings. The highest BCUT2D eigenvalue weighted by Crippen LogP contribution is 2.13. The molecule has 0 N–H and O–H groups in total. The lowest BCUT2D eigenvalue weighted by atomic mass is 10.1. The summed E-state index contributed by atoms with van der Waals surface area (Å²) in [5.41, 5.74) is 0. The molecule has 0 rings (SSSR count). The van der Waals surface area contributed by atoms with E-state index in [0.29, 0.717) is 25.7 Å². The molecule has 0 saturated heterocycles. The smallest absolute Gasteiger partial charge is 0.306 e. The first-order valence-electron chi connectivity index (χ1n) is 30.3. The lowest BCUT2D eigenvalue weighted by molar-refractivity contribution is -0.167. The molecule has 1 unspecified atom stereocenters. The van der Waals surface area contributed by atoms with Crippen molar-refractivity contribution in [1.29, 1.82) is 0 Å². The topological polar surface area (TPSA) is 78.9 Å². The molecule has 0 aliphatic rings. The van der Waals surface area contributed by atoms with Gasteiger partial charge in [-0.1, -0.05) is 237 Å². The maximum atomic E-state index is 12.9. The van der Waals surface area contributed by atoms with E-state index >= 15 is 0 Å². The quantitative estimate of drug-likeness (QED) is 0.0261. The highest BCUT2D eigenvalue weighted by molar-refractivity contribution is 5.71. The Morgan fingerprint density at radius 3 is 0.840 bits per heavy atom. The minimum atomic E-state index is -0.819. The number of rotatable bonds is 53. The van der Waals surface area contributed by atoms with Crippen LogP contribution in [0.3, 0.4) is 0 Å². The zero-order valence-electron chi connectivity index (χ0n) is 48.3. The van der Waals surface area contributed by atoms with E-state index in [1.807, 2.05) is 0 Å². The fourth-order valence-corrected chi connectivity index (χ4v) is 7.82. The first kappa shape index (κ1) is 70.3. The standard InChI is InChI=1S/C69H110O6/c1-4-7-10-13-16-19-22-25-28-30-32-34-36-38-41-44-47-50-53-56-59-62-68(71)74-65-66(64-73-67(70)61-58-55-52-49-46-43-40-27-24-21-18-15-12-9-6-3)75-69(72)63-60-57-54-51-48-45-42-39-37-35-33-31-29-26-23-20-17-14-11-8-5-2/h7,9-10,12,16,18-19,21,23,25-28,31-34,37-41,46,49,66H,4-6,8,11,13-15,17,20,22,24,29-30,35-36,42-45,47-48,50-65H2,1-3H3/b10-7-,12-9-,19-16-,21-18-,26-23-,28-25-,33-31-,34-32-,39-37-,40-27-,41-38-,49-46-. The number of carbonyl (C=O) groups excluding carboxylic acids is 3. The van der Waals surface area contributed by atoms with Crippen LogP contribution in [0.1, 0.15) is 252 Å². The van der Waals surface area contributed by atoms with Gasteiger partial charge in [0.25, 0.3) is 0 Å². The number of hydrogen-bond acceptors (Lipinski definition) is 6. The maximum absolute atomic E-state index is 12.9. The van der Waals surface area contributed by atoms with Crippen LogP contribution < -0.4 is 0 Å². The van der Waals surface area contributed by atoms with Crippen LogP contribution in [0.15, 0.2) is 146 Å². The molecule has 0 radical (unpaired) electrons. The molecule has 1 atom stereocenters. The molecule has 6 nitrogen and oxygen atoms in total. The Morgan fingerprint density at radius 2 is 0.520 bits per heavy atom. The molecule has 0 aliphatic carbocycles. The van der Waals surface area contributed by atoms with Gasteiger partial charge in [-0.2, -0.15) is 0 Å². The van der Waals surface area contributed by atoms with Crippen molar-refractivity contribution >= 4 is 17.9 Å². The highest BCUT2D eigenvalue weighted by Gasteiger charge is 2.19. The fourth-order valence-electron chi connectivity index (χ4n) is 7.82. The Hall–Kier alpha value is -4.71. The van der Waals surface area contributed by atoms with E-state index in [9.17, 15) is 14.4 Å². The van der Waals surface area contributed by atoms with Crippen molar-refractivity contribution in [2.45, 2.75) is 258 Å². The third kappa shape index (κ3) is 60.0. The van der Waals surface area contributed by atoms with Crippen molar-refractivity contribution in [2.24, 2.45) is 0 Å². The monoisotopic (exact) mass is 1030 g/mol. The van der Waals surface area contributed by atoms with Crippen LogP contribution in [-0.2, 0) is 28.6 Å². The van der Waals surface area contributed by atoms with Crippen molar-refractivity contribution in [3.63, 3.8) is 0 Å². The van der Waals surface area contributed by atoms with Crippen molar-refractivity contribution < 1.29 is 28.6 Å². The van der Waals surface area contributed by atoms with E-state index in [1.54, 1.807) is 0 Å². The van der Waals surface area contributed by atoms with Gasteiger partial charge < -0.3 is 14.2 Å². The molecular formula is C69H110O6. The maximum Gasteiger partial charge on any atom is 0.306 e. The average Bonchev–Trinajstić information content (AvgIpc) is 3.41. The molecule has 0 aliphatic heterocycles. The fraction of sp³-hybridized carbons (Fsp3) is 0.609. The summed E-state index contributed by atoms with van der Waals surface area (Å²) in [5.74, 6) is -0.989. The predicted molar refractivity (Wildman–Crippen MR) is 325 cm³/mol. The Morgan fingerprint density at radius 1 is 0.280 bits per heavy atom. The normalized spacial score (nSPS) is 13.2. The van der Waals surface area contributed by atoms with Gasteiger partial charge in [-0.05, 0) is 141 Å². The summed E-state index contributed by atoms with van der Waals surface area (Å²) in [7, 11) is 0. The van der Waals surface area contributed by atoms with Crippen LogP contribution >= 0.6 is 0 Å². The second-order valence-electron chi connectivity index (χ2n) is 19.5. The highest BCUT2D eigenvalue weighted by atomic mass is 16.6. The first-order chi connectivity index (χ1) is 37.0. The average molecular weight is 1040 g/mol. The van der Waals surface area contributed by atoms with Crippen molar-refractivity contribution in [3.05, 3.63) is 146 Å². The molecule has 422 valence electrons. The summed E-state index contributed by atoms with van der Waals surface area (Å²) >= 11 is 0. The number of hydrogen-bond donors (Lipinski definition) is 0. The number of allylic oxidation sites excluding steroid dienone is 24. The third-order valence-corrected chi connectivity index (χ3v) is 12.3. The van der Waals surface area contributed by atoms with Crippen LogP contribution in [0.2, 0.25) is 0 Å². The minimum absolute atomic E-state index is 0.113. The molecule has 75 heavy (non-hydrogen) atoms. The molecule has 0 heterocycles. The van der Waals surface area contributed by atoms with Crippen LogP contribution in [0.5, 0.6) is 0 Å². The molecule has 0 aromatic carbocycles. The van der Waals surface area contributed by atoms with Crippen LogP contribution in [0, 0.1) is 0 Å². The minimum Gasteiger partial charge on any atom is -0.462 e. The van der Waals surface area contributed by atoms with Gasteiger partial charge in [0.1, 0.15) is 13.2 Å². The van der Waals surface area contributed by atoms with Gasteiger partial charge in [0.2, 0.25) is 0 Å². The molecule has 0 amide bonds. The van der Waals surface area contributed by atoms with Crippen molar-refractivity contribution in [1.82, 2.24) is 0 Å². The van der Waals surface area contributed by atoms with Gasteiger partial charge in [-0.15, -0.1) is 0 Å². The van der Waals surface area contributed by atoms with Gasteiger partial charge in [0, 0.05) is 19.3 Å². The number of esters is 3. The van der Waals surface area contributed by atoms with Gasteiger partial charge in [-0.25, -0.2) is 0 Å². The summed E-state index contributed by atoms with van der Waals surface area (Å²) < 4.78 is 16.8. The number of carbonyl (C=O) groups is 3. The van der Waals surface area contributed by atoms with Crippen LogP contribution in [0.4, 0.5) is 0 Å². The SMILES string of the molecule is CC/C=C\C/C=C\C/C=C\C/C=C\C/C=C\CCCCCCCC(=O)OCC(COC(=O)CCCC/C=C\C/C=C\C/C=C\C/C=C\CC)OC(=O)CCCCCCCC/C=C\C/C=C\C/C=C\CCCCCCC. The summed E-state index contributed by atoms with van der Waals surface area (Å²) in [6.07, 6.45) is 88.4. The Kier molecular flexibility index (Phi) is 58.0. The van der Waals surface area contributed by atoms with E-state index in [2.05, 4.69) is 167 Å². The lowest BCUT2D eigenvalue weighted by Crippen LogP contribution is -2.30. The Labute approximate surface area is 461 Å². The second kappa shape index (κ2) is 61.8. The van der Waals surface area contributed by atoms with Gasteiger partial charge in [0.05, 0.1) is 0 Å². The van der Waals surface area contributed by atoms with E-state index in [-0.39, 0.29) is 31.1 Å². The molecule has 6 heteroatoms. The molecule has 0 spiro atoms. The lowest BCUT2D eigenvalue weighted by Gasteiger charge is -2.18. The van der Waals surface area contributed by atoms with Gasteiger partial charge in [0.15, 0.2) is 6.10 Å². The number of ether oxygens (including phenoxy) is 3. The zero-order valence-corrected chi connectivity index (χ0v) is 48.3. The van der Waals surface area contributed by atoms with Crippen LogP contribution in [0.25, 0.3) is 0 Å². The largest absolute Gasteiger partial charge is 0.462 e. The first-order valence-corrected chi connectivity index (χ1v) is 30.3. The molecule has 0 aromatic heterocycles. The van der Waals surface area contributed by atoms with E-state index < -0.39 is 6.10 Å². The molecule has 0 fully saturated rings. The van der Waals surface area contributed by atoms with Crippen molar-refractivity contribution in [3.8, 4) is 0 Å². The van der Waals surface area contributed by atoms with E-state index in [4.69, 9.17) is 14.2 Å². The summed E-state index contributed by atoms with van der Waals surface area (Å²) in [6.45, 7) is 6.33. The molecule has 0 bridgehead atoms. The predicted octanol–water partition coefficient (Wildman–Crippen LogP) is 20.8. The Balaban J connectivity index is 4.52. The summed E-state index contributed by atoms with van der Waals surface area (Å²) in [4.78, 5) is 38.3. The van der Waals surface area contributed by atoms with Gasteiger partial charge >= 0.3 is 17.9 Å². The second-order valence-corrected chi connectivity index (χ2v) is 19.5. The zero-order chi connectivity index (χ0) is 54.3. The Bertz CT molecular complexity index is 1660. The third-order valence-electron chi connectivity index (χ3n) is 12.3. The summed E-state index contributed by atoms with van der Waals surface area (Å²) in [6, 6.07) is 0.